The van der Waals surface area contributed by atoms with E-state index in [2.05, 4.69) is 5.32 Å². The Morgan fingerprint density at radius 3 is 2.39 bits per heavy atom. The fraction of sp³-hybridized carbons (Fsp3) is 0.533. The second-order valence-electron chi connectivity index (χ2n) is 5.95. The third-order valence-electron chi connectivity index (χ3n) is 2.82. The van der Waals surface area contributed by atoms with Gasteiger partial charge in [-0.3, -0.25) is 0 Å². The average molecular weight is 334 g/mol. The van der Waals surface area contributed by atoms with Crippen LogP contribution in [0.15, 0.2) is 18.2 Å². The van der Waals surface area contributed by atoms with Gasteiger partial charge in [0.05, 0.1) is 12.7 Å². The summed E-state index contributed by atoms with van der Waals surface area (Å²) in [6.45, 7) is 5.04. The molecule has 1 unspecified atom stereocenters. The molecule has 1 atom stereocenters. The van der Waals surface area contributed by atoms with Crippen molar-refractivity contribution in [2.24, 2.45) is 5.73 Å². The van der Waals surface area contributed by atoms with Gasteiger partial charge in [-0.25, -0.2) is 4.79 Å². The highest BCUT2D eigenvalue weighted by atomic mass is 19.4. The SMILES string of the molecule is COc1ccc(C(N)CNC(=O)OC(C)(C)C)cc1C(F)(F)F. The molecular formula is C15H21F3N2O3. The second kappa shape index (κ2) is 7.08. The standard InChI is InChI=1S/C15H21F3N2O3/c1-14(2,3)23-13(21)20-8-11(19)9-5-6-12(22-4)10(7-9)15(16,17)18/h5-7,11H,8,19H2,1-4H3,(H,20,21). The number of benzene rings is 1. The molecule has 0 bridgehead atoms. The molecule has 0 saturated carbocycles. The summed E-state index contributed by atoms with van der Waals surface area (Å²) in [5.41, 5.74) is 4.48. The van der Waals surface area contributed by atoms with Crippen molar-refractivity contribution in [2.45, 2.75) is 38.6 Å². The second-order valence-corrected chi connectivity index (χ2v) is 5.95. The Balaban J connectivity index is 2.81. The van der Waals surface area contributed by atoms with Gasteiger partial charge < -0.3 is 20.5 Å². The molecule has 0 heterocycles. The van der Waals surface area contributed by atoms with Gasteiger partial charge in [-0.2, -0.15) is 13.2 Å². The van der Waals surface area contributed by atoms with E-state index in [4.69, 9.17) is 15.2 Å². The van der Waals surface area contributed by atoms with Crippen molar-refractivity contribution in [1.82, 2.24) is 5.32 Å². The fourth-order valence-corrected chi connectivity index (χ4v) is 1.80. The van der Waals surface area contributed by atoms with Crippen LogP contribution in [0.5, 0.6) is 5.75 Å². The zero-order valence-electron chi connectivity index (χ0n) is 13.5. The number of alkyl carbamates (subject to hydrolysis) is 1. The summed E-state index contributed by atoms with van der Waals surface area (Å²) in [6, 6.07) is 2.73. The lowest BCUT2D eigenvalue weighted by Crippen LogP contribution is -2.36. The zero-order chi connectivity index (χ0) is 17.8. The van der Waals surface area contributed by atoms with Gasteiger partial charge in [-0.1, -0.05) is 6.07 Å². The van der Waals surface area contributed by atoms with Crippen molar-refractivity contribution >= 4 is 6.09 Å². The maximum atomic E-state index is 13.0. The van der Waals surface area contributed by atoms with Crippen molar-refractivity contribution in [3.63, 3.8) is 0 Å². The zero-order valence-corrected chi connectivity index (χ0v) is 13.5. The first-order chi connectivity index (χ1) is 10.4. The van der Waals surface area contributed by atoms with Crippen LogP contribution in [0.25, 0.3) is 0 Å². The number of ether oxygens (including phenoxy) is 2. The first-order valence-electron chi connectivity index (χ1n) is 6.91. The Morgan fingerprint density at radius 1 is 1.30 bits per heavy atom. The average Bonchev–Trinajstić information content (AvgIpc) is 2.41. The van der Waals surface area contributed by atoms with Crippen LogP contribution in [-0.2, 0) is 10.9 Å². The van der Waals surface area contributed by atoms with Crippen LogP contribution >= 0.6 is 0 Å². The Labute approximate surface area is 132 Å². The minimum atomic E-state index is -4.56. The number of amides is 1. The van der Waals surface area contributed by atoms with Crippen molar-refractivity contribution in [1.29, 1.82) is 0 Å². The monoisotopic (exact) mass is 334 g/mol. The molecular weight excluding hydrogens is 313 g/mol. The molecule has 0 aliphatic carbocycles. The van der Waals surface area contributed by atoms with Gasteiger partial charge in [0.15, 0.2) is 0 Å². The number of carbonyl (C=O) groups excluding carboxylic acids is 1. The van der Waals surface area contributed by atoms with Crippen LogP contribution in [0.3, 0.4) is 0 Å². The molecule has 1 rings (SSSR count). The third-order valence-corrected chi connectivity index (χ3v) is 2.82. The first kappa shape index (κ1) is 19.1. The van der Waals surface area contributed by atoms with Crippen LogP contribution in [0, 0.1) is 0 Å². The minimum Gasteiger partial charge on any atom is -0.496 e. The van der Waals surface area contributed by atoms with Crippen molar-refractivity contribution in [3.05, 3.63) is 29.3 Å². The summed E-state index contributed by atoms with van der Waals surface area (Å²) in [5, 5.41) is 2.43. The van der Waals surface area contributed by atoms with Gasteiger partial charge in [-0.15, -0.1) is 0 Å². The third kappa shape index (κ3) is 5.97. The fourth-order valence-electron chi connectivity index (χ4n) is 1.80. The predicted octanol–water partition coefficient (Wildman–Crippen LogP) is 3.24. The predicted molar refractivity (Wildman–Crippen MR) is 79.2 cm³/mol. The molecule has 3 N–H and O–H groups in total. The largest absolute Gasteiger partial charge is 0.496 e. The molecule has 130 valence electrons. The quantitative estimate of drug-likeness (QED) is 0.886. The van der Waals surface area contributed by atoms with Gasteiger partial charge >= 0.3 is 12.3 Å². The Kier molecular flexibility index (Phi) is 5.87. The minimum absolute atomic E-state index is 0.0570. The molecule has 0 fully saturated rings. The summed E-state index contributed by atoms with van der Waals surface area (Å²) >= 11 is 0. The Hall–Kier alpha value is -1.96. The van der Waals surface area contributed by atoms with Crippen molar-refractivity contribution in [3.8, 4) is 5.75 Å². The summed E-state index contributed by atoms with van der Waals surface area (Å²) in [6.07, 6.45) is -5.24. The van der Waals surface area contributed by atoms with E-state index >= 15 is 0 Å². The van der Waals surface area contributed by atoms with E-state index < -0.39 is 29.5 Å². The number of hydrogen-bond donors (Lipinski definition) is 2. The highest BCUT2D eigenvalue weighted by Crippen LogP contribution is 2.37. The summed E-state index contributed by atoms with van der Waals surface area (Å²) in [4.78, 5) is 11.5. The molecule has 0 aromatic heterocycles. The number of methoxy groups -OCH3 is 1. The number of alkyl halides is 3. The van der Waals surface area contributed by atoms with Crippen molar-refractivity contribution in [2.75, 3.05) is 13.7 Å². The molecule has 0 aliphatic heterocycles. The van der Waals surface area contributed by atoms with E-state index in [-0.39, 0.29) is 17.9 Å². The van der Waals surface area contributed by atoms with Crippen LogP contribution in [0.1, 0.15) is 37.9 Å². The highest BCUT2D eigenvalue weighted by Gasteiger charge is 2.34. The molecule has 0 spiro atoms. The summed E-state index contributed by atoms with van der Waals surface area (Å²) < 4.78 is 48.6. The van der Waals surface area contributed by atoms with Gasteiger partial charge in [0.25, 0.3) is 0 Å². The van der Waals surface area contributed by atoms with Crippen molar-refractivity contribution < 1.29 is 27.4 Å². The molecule has 23 heavy (non-hydrogen) atoms. The topological polar surface area (TPSA) is 73.6 Å². The van der Waals surface area contributed by atoms with E-state index in [9.17, 15) is 18.0 Å². The lowest BCUT2D eigenvalue weighted by molar-refractivity contribution is -0.138. The number of nitrogens with one attached hydrogen (secondary N) is 1. The molecule has 1 aromatic carbocycles. The van der Waals surface area contributed by atoms with Crippen LogP contribution < -0.4 is 15.8 Å². The number of halogens is 3. The Bertz CT molecular complexity index is 554. The molecule has 0 aliphatic rings. The van der Waals surface area contributed by atoms with Gasteiger partial charge in [0.2, 0.25) is 0 Å². The number of hydrogen-bond acceptors (Lipinski definition) is 4. The highest BCUT2D eigenvalue weighted by molar-refractivity contribution is 5.67. The van der Waals surface area contributed by atoms with Gasteiger partial charge in [0.1, 0.15) is 11.4 Å². The lowest BCUT2D eigenvalue weighted by Gasteiger charge is -2.21. The van der Waals surface area contributed by atoms with Gasteiger partial charge in [-0.05, 0) is 38.5 Å². The summed E-state index contributed by atoms with van der Waals surface area (Å²) in [7, 11) is 1.16. The normalized spacial score (nSPS) is 13.4. The van der Waals surface area contributed by atoms with Crippen LogP contribution in [0.2, 0.25) is 0 Å². The number of nitrogens with two attached hydrogens (primary N) is 1. The molecule has 5 nitrogen and oxygen atoms in total. The molecule has 0 saturated heterocycles. The number of carbonyl (C=O) groups is 1. The maximum absolute atomic E-state index is 13.0. The first-order valence-corrected chi connectivity index (χ1v) is 6.91. The number of rotatable bonds is 4. The smallest absolute Gasteiger partial charge is 0.419 e. The molecule has 1 amide bonds. The molecule has 8 heteroatoms. The van der Waals surface area contributed by atoms with Gasteiger partial charge in [0, 0.05) is 12.6 Å². The lowest BCUT2D eigenvalue weighted by atomic mass is 10.0. The van der Waals surface area contributed by atoms with Crippen LogP contribution in [-0.4, -0.2) is 25.3 Å². The van der Waals surface area contributed by atoms with E-state index in [0.29, 0.717) is 0 Å². The molecule has 1 aromatic rings. The maximum Gasteiger partial charge on any atom is 0.419 e. The molecule has 0 radical (unpaired) electrons. The van der Waals surface area contributed by atoms with Crippen LogP contribution in [0.4, 0.5) is 18.0 Å². The summed E-state index contributed by atoms with van der Waals surface area (Å²) in [5.74, 6) is -0.284. The van der Waals surface area contributed by atoms with E-state index in [1.807, 2.05) is 0 Å². The van der Waals surface area contributed by atoms with E-state index in [0.717, 1.165) is 13.2 Å². The van der Waals surface area contributed by atoms with E-state index in [1.54, 1.807) is 20.8 Å². The van der Waals surface area contributed by atoms with E-state index in [1.165, 1.54) is 12.1 Å². The Morgan fingerprint density at radius 2 is 1.91 bits per heavy atom.